The predicted molar refractivity (Wildman–Crippen MR) is 296 cm³/mol. The van der Waals surface area contributed by atoms with Crippen molar-refractivity contribution in [3.8, 4) is 44.5 Å². The van der Waals surface area contributed by atoms with Gasteiger partial charge in [0.25, 0.3) is 0 Å². The number of rotatable bonds is 6. The number of hydrogen-bond donors (Lipinski definition) is 0. The minimum atomic E-state index is -0.105. The van der Waals surface area contributed by atoms with E-state index in [1.165, 1.54) is 78.4 Å². The fourth-order valence-corrected chi connectivity index (χ4v) is 10.2. The van der Waals surface area contributed by atoms with Gasteiger partial charge in [0, 0.05) is 38.8 Å². The molecule has 0 bridgehead atoms. The summed E-state index contributed by atoms with van der Waals surface area (Å²) in [6, 6.07) is 78.8. The molecule has 0 atom stereocenters. The molecular weight excluding hydrogens is 835 g/mol. The predicted octanol–water partition coefficient (Wildman–Crippen LogP) is 19.5. The summed E-state index contributed by atoms with van der Waals surface area (Å²) in [5.41, 5.74) is 21.8. The maximum atomic E-state index is 6.41. The van der Waals surface area contributed by atoms with Crippen LogP contribution in [0.15, 0.2) is 223 Å². The highest BCUT2D eigenvalue weighted by Crippen LogP contribution is 2.51. The topological polar surface area (TPSA) is 16.4 Å². The van der Waals surface area contributed by atoms with Crippen molar-refractivity contribution in [2.75, 3.05) is 4.90 Å². The van der Waals surface area contributed by atoms with Crippen LogP contribution < -0.4 is 4.90 Å². The standard InChI is InChI=1S/C50H37NO.C14H14.C3H8/c1-32-18-28-42-43-29-27-38(31-47(43)50(2,3)46(42)30-32)51(36-23-19-34(20-24-36)40-14-8-11-33-10-4-5-12-39(33)40)37-25-21-35(22-26-37)41-15-9-16-45-44-13-6-7-17-48(44)52-49(41)45;1-11-7-3-5-9-13(11)14-10-6-4-8-12(14)2;1-3-2/h4-31H,1-3H3;3-10H,1-2H3;3H2,1-2H3. The molecule has 0 aliphatic heterocycles. The van der Waals surface area contributed by atoms with Crippen LogP contribution in [-0.2, 0) is 5.41 Å². The maximum absolute atomic E-state index is 6.41. The van der Waals surface area contributed by atoms with Crippen molar-refractivity contribution in [3.05, 3.63) is 246 Å². The SMILES string of the molecule is CCC.Cc1ccc2c(c1)C(C)(C)c1cc(N(c3ccc(-c4cccc5ccccc45)cc3)c3ccc(-c4cccc5c4oc4ccccc45)cc3)ccc1-2.Cc1ccccc1-c1ccccc1C. The van der Waals surface area contributed by atoms with Crippen molar-refractivity contribution in [3.63, 3.8) is 0 Å². The van der Waals surface area contributed by atoms with E-state index in [-0.39, 0.29) is 5.41 Å². The second-order valence-electron chi connectivity index (χ2n) is 19.0. The van der Waals surface area contributed by atoms with Gasteiger partial charge in [-0.3, -0.25) is 0 Å². The van der Waals surface area contributed by atoms with Gasteiger partial charge in [0.2, 0.25) is 0 Å². The van der Waals surface area contributed by atoms with Crippen molar-refractivity contribution in [1.82, 2.24) is 0 Å². The molecule has 1 heterocycles. The highest BCUT2D eigenvalue weighted by Gasteiger charge is 2.36. The molecule has 338 valence electrons. The third-order valence-electron chi connectivity index (χ3n) is 13.7. The highest BCUT2D eigenvalue weighted by molar-refractivity contribution is 6.09. The number of nitrogens with zero attached hydrogens (tertiary/aromatic N) is 1. The number of fused-ring (bicyclic) bond motifs is 7. The second kappa shape index (κ2) is 19.0. The molecule has 11 aromatic rings. The summed E-state index contributed by atoms with van der Waals surface area (Å²) >= 11 is 0. The molecule has 0 radical (unpaired) electrons. The third-order valence-corrected chi connectivity index (χ3v) is 13.7. The first-order valence-corrected chi connectivity index (χ1v) is 24.4. The minimum absolute atomic E-state index is 0.105. The first-order chi connectivity index (χ1) is 33.6. The zero-order valence-electron chi connectivity index (χ0n) is 40.8. The number of anilines is 3. The van der Waals surface area contributed by atoms with Gasteiger partial charge in [-0.1, -0.05) is 216 Å². The molecule has 1 aliphatic carbocycles. The molecule has 0 amide bonds. The molecule has 1 aromatic heterocycles. The van der Waals surface area contributed by atoms with Crippen molar-refractivity contribution in [2.45, 2.75) is 60.3 Å². The normalized spacial score (nSPS) is 12.2. The Bertz CT molecular complexity index is 3560. The number of hydrogen-bond acceptors (Lipinski definition) is 2. The van der Waals surface area contributed by atoms with Gasteiger partial charge in [0.15, 0.2) is 0 Å². The summed E-state index contributed by atoms with van der Waals surface area (Å²) < 4.78 is 6.41. The van der Waals surface area contributed by atoms with Crippen molar-refractivity contribution in [2.24, 2.45) is 0 Å². The lowest BCUT2D eigenvalue weighted by molar-refractivity contribution is 0.660. The maximum Gasteiger partial charge on any atom is 0.143 e. The third kappa shape index (κ3) is 8.53. The fourth-order valence-electron chi connectivity index (χ4n) is 10.2. The van der Waals surface area contributed by atoms with E-state index in [1.54, 1.807) is 0 Å². The molecule has 12 rings (SSSR count). The molecule has 0 saturated heterocycles. The second-order valence-corrected chi connectivity index (χ2v) is 19.0. The lowest BCUT2D eigenvalue weighted by atomic mass is 9.82. The van der Waals surface area contributed by atoms with Gasteiger partial charge < -0.3 is 9.32 Å². The molecule has 0 saturated carbocycles. The van der Waals surface area contributed by atoms with Gasteiger partial charge in [-0.15, -0.1) is 0 Å². The lowest BCUT2D eigenvalue weighted by Gasteiger charge is -2.28. The monoisotopic (exact) mass is 893 g/mol. The van der Waals surface area contributed by atoms with E-state index in [1.807, 2.05) is 12.1 Å². The summed E-state index contributed by atoms with van der Waals surface area (Å²) in [6.07, 6.45) is 1.25. The van der Waals surface area contributed by atoms with E-state index in [4.69, 9.17) is 4.42 Å². The lowest BCUT2D eigenvalue weighted by Crippen LogP contribution is -2.16. The van der Waals surface area contributed by atoms with E-state index in [0.717, 1.165) is 50.1 Å². The zero-order valence-corrected chi connectivity index (χ0v) is 40.8. The number of benzene rings is 10. The van der Waals surface area contributed by atoms with Gasteiger partial charge in [-0.2, -0.15) is 0 Å². The summed E-state index contributed by atoms with van der Waals surface area (Å²) in [6.45, 7) is 15.5. The van der Waals surface area contributed by atoms with E-state index >= 15 is 0 Å². The molecule has 2 nitrogen and oxygen atoms in total. The first-order valence-electron chi connectivity index (χ1n) is 24.4. The summed E-state index contributed by atoms with van der Waals surface area (Å²) in [5, 5.41) is 4.80. The Kier molecular flexibility index (Phi) is 12.3. The van der Waals surface area contributed by atoms with Crippen LogP contribution in [0.5, 0.6) is 0 Å². The summed E-state index contributed by atoms with van der Waals surface area (Å²) in [7, 11) is 0. The van der Waals surface area contributed by atoms with Crippen LogP contribution in [0.1, 0.15) is 61.9 Å². The Hall–Kier alpha value is -7.94. The molecule has 0 fully saturated rings. The van der Waals surface area contributed by atoms with Crippen LogP contribution in [0.4, 0.5) is 17.1 Å². The zero-order chi connectivity index (χ0) is 47.6. The summed E-state index contributed by atoms with van der Waals surface area (Å²) in [5.74, 6) is 0. The minimum Gasteiger partial charge on any atom is -0.455 e. The van der Waals surface area contributed by atoms with Crippen molar-refractivity contribution >= 4 is 49.8 Å². The van der Waals surface area contributed by atoms with Crippen molar-refractivity contribution in [1.29, 1.82) is 0 Å². The van der Waals surface area contributed by atoms with Crippen LogP contribution in [0.3, 0.4) is 0 Å². The molecule has 0 N–H and O–H groups in total. The smallest absolute Gasteiger partial charge is 0.143 e. The average Bonchev–Trinajstić information content (AvgIpc) is 3.86. The Morgan fingerprint density at radius 2 is 0.855 bits per heavy atom. The average molecular weight is 894 g/mol. The van der Waals surface area contributed by atoms with Crippen LogP contribution >= 0.6 is 0 Å². The van der Waals surface area contributed by atoms with Crippen LogP contribution in [-0.4, -0.2) is 0 Å². The van der Waals surface area contributed by atoms with Crippen LogP contribution in [0.2, 0.25) is 0 Å². The summed E-state index contributed by atoms with van der Waals surface area (Å²) in [4.78, 5) is 2.39. The Balaban J connectivity index is 0.000000276. The van der Waals surface area contributed by atoms with Crippen LogP contribution in [0.25, 0.3) is 77.2 Å². The van der Waals surface area contributed by atoms with Gasteiger partial charge >= 0.3 is 0 Å². The number of aryl methyl sites for hydroxylation is 3. The molecule has 69 heavy (non-hydrogen) atoms. The first kappa shape index (κ1) is 44.9. The highest BCUT2D eigenvalue weighted by atomic mass is 16.3. The van der Waals surface area contributed by atoms with E-state index in [2.05, 4.69) is 260 Å². The Labute approximate surface area is 408 Å². The van der Waals surface area contributed by atoms with Gasteiger partial charge in [-0.05, 0) is 135 Å². The van der Waals surface area contributed by atoms with Crippen molar-refractivity contribution < 1.29 is 4.42 Å². The number of para-hydroxylation sites is 2. The largest absolute Gasteiger partial charge is 0.455 e. The van der Waals surface area contributed by atoms with Gasteiger partial charge in [0.05, 0.1) is 0 Å². The quantitative estimate of drug-likeness (QED) is 0.165. The molecular formula is C67H59NO. The van der Waals surface area contributed by atoms with E-state index in [9.17, 15) is 0 Å². The molecule has 2 heteroatoms. The van der Waals surface area contributed by atoms with Gasteiger partial charge in [-0.25, -0.2) is 0 Å². The Morgan fingerprint density at radius 1 is 0.391 bits per heavy atom. The van der Waals surface area contributed by atoms with Crippen LogP contribution in [0, 0.1) is 20.8 Å². The van der Waals surface area contributed by atoms with E-state index in [0.29, 0.717) is 0 Å². The fraction of sp³-hybridized carbons (Fsp3) is 0.134. The van der Waals surface area contributed by atoms with E-state index < -0.39 is 0 Å². The number of furan rings is 1. The Morgan fingerprint density at radius 3 is 1.51 bits per heavy atom. The van der Waals surface area contributed by atoms with Gasteiger partial charge in [0.1, 0.15) is 11.2 Å². The molecule has 10 aromatic carbocycles. The molecule has 0 spiro atoms. The molecule has 1 aliphatic rings. The molecule has 0 unspecified atom stereocenters.